The van der Waals surface area contributed by atoms with Crippen molar-refractivity contribution in [3.8, 4) is 0 Å². The average Bonchev–Trinajstić information content (AvgIpc) is 2.55. The van der Waals surface area contributed by atoms with E-state index in [1.165, 1.54) is 29.9 Å². The minimum absolute atomic E-state index is 0.155. The molecule has 0 atom stereocenters. The highest BCUT2D eigenvalue weighted by atomic mass is 32.2. The van der Waals surface area contributed by atoms with E-state index >= 15 is 0 Å². The maximum absolute atomic E-state index is 12.4. The highest BCUT2D eigenvalue weighted by Gasteiger charge is 2.20. The van der Waals surface area contributed by atoms with Gasteiger partial charge in [-0.2, -0.15) is 4.31 Å². The van der Waals surface area contributed by atoms with Gasteiger partial charge in [-0.25, -0.2) is 13.4 Å². The molecule has 0 fully saturated rings. The molecule has 0 spiro atoms. The molecule has 0 unspecified atom stereocenters. The predicted octanol–water partition coefficient (Wildman–Crippen LogP) is 0.836. The van der Waals surface area contributed by atoms with Crippen molar-refractivity contribution in [1.29, 1.82) is 0 Å². The van der Waals surface area contributed by atoms with Gasteiger partial charge in [-0.05, 0) is 19.1 Å². The van der Waals surface area contributed by atoms with Crippen LogP contribution in [-0.2, 0) is 10.0 Å². The number of amides is 1. The molecule has 23 heavy (non-hydrogen) atoms. The van der Waals surface area contributed by atoms with Crippen molar-refractivity contribution in [2.75, 3.05) is 20.1 Å². The Hall–Kier alpha value is -2.32. The first kappa shape index (κ1) is 17.0. The Morgan fingerprint density at radius 1 is 1.22 bits per heavy atom. The lowest BCUT2D eigenvalue weighted by atomic mass is 10.2. The molecule has 122 valence electrons. The number of likely N-dealkylation sites (N-methyl/N-ethyl adjacent to an activating group) is 1. The van der Waals surface area contributed by atoms with Crippen LogP contribution in [0.3, 0.4) is 0 Å². The molecular weight excluding hydrogens is 316 g/mol. The van der Waals surface area contributed by atoms with Crippen molar-refractivity contribution in [3.63, 3.8) is 0 Å². The van der Waals surface area contributed by atoms with Crippen molar-refractivity contribution in [3.05, 3.63) is 54.1 Å². The lowest BCUT2D eigenvalue weighted by Gasteiger charge is -2.17. The Balaban J connectivity index is 1.93. The van der Waals surface area contributed by atoms with E-state index < -0.39 is 10.0 Å². The minimum atomic E-state index is -3.56. The van der Waals surface area contributed by atoms with Crippen LogP contribution in [0.2, 0.25) is 0 Å². The van der Waals surface area contributed by atoms with Gasteiger partial charge in [0.1, 0.15) is 5.69 Å². The molecule has 0 aliphatic heterocycles. The second-order valence-corrected chi connectivity index (χ2v) is 7.03. The SMILES string of the molecule is Cc1ccc(S(=O)(=O)N(C)CCNC(=O)c2cnccn2)cc1. The minimum Gasteiger partial charge on any atom is -0.349 e. The van der Waals surface area contributed by atoms with Gasteiger partial charge in [0.25, 0.3) is 5.91 Å². The summed E-state index contributed by atoms with van der Waals surface area (Å²) in [6, 6.07) is 6.63. The monoisotopic (exact) mass is 334 g/mol. The van der Waals surface area contributed by atoms with Gasteiger partial charge in [-0.1, -0.05) is 17.7 Å². The first-order valence-corrected chi connectivity index (χ1v) is 8.42. The Morgan fingerprint density at radius 2 is 1.91 bits per heavy atom. The van der Waals surface area contributed by atoms with Crippen LogP contribution in [0.4, 0.5) is 0 Å². The molecule has 1 N–H and O–H groups in total. The van der Waals surface area contributed by atoms with E-state index in [9.17, 15) is 13.2 Å². The number of nitrogens with one attached hydrogen (secondary N) is 1. The number of carbonyl (C=O) groups excluding carboxylic acids is 1. The molecule has 0 saturated carbocycles. The number of aromatic nitrogens is 2. The van der Waals surface area contributed by atoms with E-state index in [4.69, 9.17) is 0 Å². The third kappa shape index (κ3) is 4.33. The zero-order valence-corrected chi connectivity index (χ0v) is 13.7. The summed E-state index contributed by atoms with van der Waals surface area (Å²) >= 11 is 0. The summed E-state index contributed by atoms with van der Waals surface area (Å²) in [5, 5.41) is 2.61. The van der Waals surface area contributed by atoms with Crippen LogP contribution in [-0.4, -0.2) is 48.7 Å². The van der Waals surface area contributed by atoms with Crippen LogP contribution in [0.15, 0.2) is 47.8 Å². The average molecular weight is 334 g/mol. The molecule has 2 rings (SSSR count). The summed E-state index contributed by atoms with van der Waals surface area (Å²) in [6.07, 6.45) is 4.24. The molecule has 0 bridgehead atoms. The fourth-order valence-corrected chi connectivity index (χ4v) is 3.02. The molecule has 7 nitrogen and oxygen atoms in total. The maximum Gasteiger partial charge on any atom is 0.271 e. The maximum atomic E-state index is 12.4. The largest absolute Gasteiger partial charge is 0.349 e. The lowest BCUT2D eigenvalue weighted by molar-refractivity contribution is 0.0947. The summed E-state index contributed by atoms with van der Waals surface area (Å²) in [5.74, 6) is -0.390. The second-order valence-electron chi connectivity index (χ2n) is 4.99. The van der Waals surface area contributed by atoms with Gasteiger partial charge in [0.2, 0.25) is 10.0 Å². The fraction of sp³-hybridized carbons (Fsp3) is 0.267. The fourth-order valence-electron chi connectivity index (χ4n) is 1.84. The van der Waals surface area contributed by atoms with Gasteiger partial charge >= 0.3 is 0 Å². The third-order valence-electron chi connectivity index (χ3n) is 3.24. The highest BCUT2D eigenvalue weighted by Crippen LogP contribution is 2.14. The molecule has 2 aromatic rings. The van der Waals surface area contributed by atoms with Gasteiger partial charge in [-0.15, -0.1) is 0 Å². The van der Waals surface area contributed by atoms with Crippen molar-refractivity contribution in [2.45, 2.75) is 11.8 Å². The van der Waals surface area contributed by atoms with E-state index in [1.807, 2.05) is 6.92 Å². The zero-order chi connectivity index (χ0) is 16.9. The molecule has 1 amide bonds. The number of benzene rings is 1. The topological polar surface area (TPSA) is 92.3 Å². The van der Waals surface area contributed by atoms with Crippen molar-refractivity contribution >= 4 is 15.9 Å². The van der Waals surface area contributed by atoms with Crippen molar-refractivity contribution in [1.82, 2.24) is 19.6 Å². The van der Waals surface area contributed by atoms with Gasteiger partial charge in [0.15, 0.2) is 0 Å². The van der Waals surface area contributed by atoms with Crippen LogP contribution in [0.25, 0.3) is 0 Å². The normalized spacial score (nSPS) is 11.4. The van der Waals surface area contributed by atoms with Crippen LogP contribution in [0, 0.1) is 6.92 Å². The van der Waals surface area contributed by atoms with Crippen LogP contribution < -0.4 is 5.32 Å². The first-order chi connectivity index (χ1) is 10.9. The number of nitrogens with zero attached hydrogens (tertiary/aromatic N) is 3. The smallest absolute Gasteiger partial charge is 0.271 e. The van der Waals surface area contributed by atoms with Gasteiger partial charge < -0.3 is 5.32 Å². The molecule has 0 aliphatic rings. The first-order valence-electron chi connectivity index (χ1n) is 6.98. The van der Waals surface area contributed by atoms with Gasteiger partial charge in [0.05, 0.1) is 11.1 Å². The molecule has 1 aromatic heterocycles. The number of aryl methyl sites for hydroxylation is 1. The summed E-state index contributed by atoms with van der Waals surface area (Å²) in [4.78, 5) is 19.7. The third-order valence-corrected chi connectivity index (χ3v) is 5.11. The molecule has 0 radical (unpaired) electrons. The number of rotatable bonds is 6. The Kier molecular flexibility index (Phi) is 5.41. The van der Waals surface area contributed by atoms with Gasteiger partial charge in [0, 0.05) is 32.5 Å². The molecule has 0 saturated heterocycles. The van der Waals surface area contributed by atoms with Crippen molar-refractivity contribution < 1.29 is 13.2 Å². The van der Waals surface area contributed by atoms with Crippen LogP contribution >= 0.6 is 0 Å². The summed E-state index contributed by atoms with van der Waals surface area (Å²) < 4.78 is 26.0. The number of hydrogen-bond acceptors (Lipinski definition) is 5. The lowest BCUT2D eigenvalue weighted by Crippen LogP contribution is -2.36. The summed E-state index contributed by atoms with van der Waals surface area (Å²) in [7, 11) is -2.09. The molecule has 8 heteroatoms. The standard InChI is InChI=1S/C15H18N4O3S/c1-12-3-5-13(6-4-12)23(21,22)19(2)10-9-18-15(20)14-11-16-7-8-17-14/h3-8,11H,9-10H2,1-2H3,(H,18,20). The molecule has 1 heterocycles. The number of carbonyl (C=O) groups is 1. The quantitative estimate of drug-likeness (QED) is 0.845. The van der Waals surface area contributed by atoms with Crippen molar-refractivity contribution in [2.24, 2.45) is 0 Å². The highest BCUT2D eigenvalue weighted by molar-refractivity contribution is 7.89. The van der Waals surface area contributed by atoms with E-state index in [2.05, 4.69) is 15.3 Å². The van der Waals surface area contributed by atoms with E-state index in [-0.39, 0.29) is 29.6 Å². The molecule has 0 aliphatic carbocycles. The van der Waals surface area contributed by atoms with Crippen LogP contribution in [0.1, 0.15) is 16.1 Å². The Morgan fingerprint density at radius 3 is 2.52 bits per heavy atom. The van der Waals surface area contributed by atoms with E-state index in [1.54, 1.807) is 24.3 Å². The predicted molar refractivity (Wildman–Crippen MR) is 85.4 cm³/mol. The van der Waals surface area contributed by atoms with Gasteiger partial charge in [-0.3, -0.25) is 9.78 Å². The Labute approximate surface area is 135 Å². The van der Waals surface area contributed by atoms with E-state index in [0.29, 0.717) is 0 Å². The van der Waals surface area contributed by atoms with Crippen LogP contribution in [0.5, 0.6) is 0 Å². The number of hydrogen-bond donors (Lipinski definition) is 1. The summed E-state index contributed by atoms with van der Waals surface area (Å²) in [6.45, 7) is 2.22. The molecule has 1 aromatic carbocycles. The zero-order valence-electron chi connectivity index (χ0n) is 12.9. The number of sulfonamides is 1. The summed E-state index contributed by atoms with van der Waals surface area (Å²) in [5.41, 5.74) is 1.18. The Bertz CT molecular complexity index is 761. The second kappa shape index (κ2) is 7.30. The molecular formula is C15H18N4O3S. The van der Waals surface area contributed by atoms with E-state index in [0.717, 1.165) is 5.56 Å².